The maximum absolute atomic E-state index is 10.6. The van der Waals surface area contributed by atoms with Gasteiger partial charge in [-0.2, -0.15) is 0 Å². The molecule has 1 unspecified atom stereocenters. The summed E-state index contributed by atoms with van der Waals surface area (Å²) in [6.45, 7) is 6.07. The van der Waals surface area contributed by atoms with E-state index in [2.05, 4.69) is 43.0 Å². The molecule has 1 saturated carbocycles. The Kier molecular flexibility index (Phi) is 3.93. The van der Waals surface area contributed by atoms with E-state index >= 15 is 0 Å². The van der Waals surface area contributed by atoms with Crippen LogP contribution >= 0.6 is 0 Å². The average molecular weight is 248 g/mol. The summed E-state index contributed by atoms with van der Waals surface area (Å²) in [7, 11) is 0. The second kappa shape index (κ2) is 5.29. The van der Waals surface area contributed by atoms with Gasteiger partial charge in [0.2, 0.25) is 0 Å². The molecule has 1 aromatic rings. The first-order valence-corrected chi connectivity index (χ1v) is 6.83. The third kappa shape index (κ3) is 2.85. The number of hydrogen-bond acceptors (Lipinski definition) is 3. The van der Waals surface area contributed by atoms with Gasteiger partial charge < -0.3 is 15.7 Å². The van der Waals surface area contributed by atoms with Gasteiger partial charge in [0, 0.05) is 25.3 Å². The zero-order valence-corrected chi connectivity index (χ0v) is 11.4. The molecule has 0 heterocycles. The van der Waals surface area contributed by atoms with Gasteiger partial charge in [-0.25, -0.2) is 0 Å². The molecule has 18 heavy (non-hydrogen) atoms. The highest BCUT2D eigenvalue weighted by Crippen LogP contribution is 2.40. The molecule has 1 fully saturated rings. The minimum atomic E-state index is -0.721. The summed E-state index contributed by atoms with van der Waals surface area (Å²) in [5.41, 5.74) is 7.47. The fourth-order valence-electron chi connectivity index (χ4n) is 2.45. The standard InChI is InChI=1S/C15H24N2O/c1-3-17(14-8-4-12(2)5-9-14)11-15(18,10-16)13-6-7-13/h4-5,8-9,13,18H,3,6-7,10-11,16H2,1-2H3. The van der Waals surface area contributed by atoms with Crippen LogP contribution in [0.3, 0.4) is 0 Å². The second-order valence-electron chi connectivity index (χ2n) is 5.43. The van der Waals surface area contributed by atoms with Crippen LogP contribution in [0.5, 0.6) is 0 Å². The Morgan fingerprint density at radius 2 is 1.94 bits per heavy atom. The van der Waals surface area contributed by atoms with Crippen molar-refractivity contribution in [1.82, 2.24) is 0 Å². The van der Waals surface area contributed by atoms with E-state index in [1.807, 2.05) is 0 Å². The van der Waals surface area contributed by atoms with Crippen molar-refractivity contribution < 1.29 is 5.11 Å². The van der Waals surface area contributed by atoms with Crippen molar-refractivity contribution in [3.63, 3.8) is 0 Å². The molecular formula is C15H24N2O. The number of nitrogens with two attached hydrogens (primary N) is 1. The van der Waals surface area contributed by atoms with Crippen LogP contribution in [0, 0.1) is 12.8 Å². The molecule has 3 N–H and O–H groups in total. The van der Waals surface area contributed by atoms with E-state index in [0.29, 0.717) is 19.0 Å². The van der Waals surface area contributed by atoms with E-state index in [-0.39, 0.29) is 0 Å². The molecule has 0 saturated heterocycles. The molecule has 1 aromatic carbocycles. The first-order valence-electron chi connectivity index (χ1n) is 6.83. The molecule has 1 aliphatic carbocycles. The van der Waals surface area contributed by atoms with Gasteiger partial charge in [-0.1, -0.05) is 17.7 Å². The van der Waals surface area contributed by atoms with E-state index in [1.165, 1.54) is 5.56 Å². The summed E-state index contributed by atoms with van der Waals surface area (Å²) in [6.07, 6.45) is 2.22. The highest BCUT2D eigenvalue weighted by atomic mass is 16.3. The summed E-state index contributed by atoms with van der Waals surface area (Å²) in [4.78, 5) is 2.21. The van der Waals surface area contributed by atoms with Gasteiger partial charge in [0.25, 0.3) is 0 Å². The van der Waals surface area contributed by atoms with Crippen LogP contribution in [0.15, 0.2) is 24.3 Å². The first-order chi connectivity index (χ1) is 8.59. The van der Waals surface area contributed by atoms with Gasteiger partial charge in [-0.3, -0.25) is 0 Å². The SMILES string of the molecule is CCN(CC(O)(CN)C1CC1)c1ccc(C)cc1. The highest BCUT2D eigenvalue weighted by Gasteiger charge is 2.43. The summed E-state index contributed by atoms with van der Waals surface area (Å²) < 4.78 is 0. The topological polar surface area (TPSA) is 49.5 Å². The van der Waals surface area contributed by atoms with Crippen LogP contribution in [-0.4, -0.2) is 30.3 Å². The van der Waals surface area contributed by atoms with Crippen molar-refractivity contribution in [1.29, 1.82) is 0 Å². The number of benzene rings is 1. The lowest BCUT2D eigenvalue weighted by atomic mass is 9.97. The quantitative estimate of drug-likeness (QED) is 0.808. The van der Waals surface area contributed by atoms with Crippen LogP contribution in [0.1, 0.15) is 25.3 Å². The molecule has 0 radical (unpaired) electrons. The Bertz CT molecular complexity index is 386. The van der Waals surface area contributed by atoms with E-state index in [1.54, 1.807) is 0 Å². The zero-order chi connectivity index (χ0) is 13.2. The monoisotopic (exact) mass is 248 g/mol. The predicted molar refractivity (Wildman–Crippen MR) is 75.8 cm³/mol. The number of aryl methyl sites for hydroxylation is 1. The van der Waals surface area contributed by atoms with Gasteiger partial charge in [0.05, 0.1) is 5.60 Å². The lowest BCUT2D eigenvalue weighted by Crippen LogP contribution is -2.50. The van der Waals surface area contributed by atoms with Crippen molar-refractivity contribution >= 4 is 5.69 Å². The largest absolute Gasteiger partial charge is 0.386 e. The van der Waals surface area contributed by atoms with Crippen LogP contribution < -0.4 is 10.6 Å². The third-order valence-electron chi connectivity index (χ3n) is 3.94. The Labute approximate surface area is 110 Å². The second-order valence-corrected chi connectivity index (χ2v) is 5.43. The Hall–Kier alpha value is -1.06. The summed E-state index contributed by atoms with van der Waals surface area (Å²) in [5.74, 6) is 0.391. The molecular weight excluding hydrogens is 224 g/mol. The minimum Gasteiger partial charge on any atom is -0.386 e. The molecule has 0 bridgehead atoms. The smallest absolute Gasteiger partial charge is 0.0970 e. The number of rotatable bonds is 6. The Morgan fingerprint density at radius 3 is 2.39 bits per heavy atom. The van der Waals surface area contributed by atoms with Crippen molar-refractivity contribution in [2.75, 3.05) is 24.5 Å². The number of hydrogen-bond donors (Lipinski definition) is 2. The molecule has 0 amide bonds. The third-order valence-corrected chi connectivity index (χ3v) is 3.94. The molecule has 0 aromatic heterocycles. The van der Waals surface area contributed by atoms with Gasteiger partial charge in [0.1, 0.15) is 0 Å². The van der Waals surface area contributed by atoms with Gasteiger partial charge >= 0.3 is 0 Å². The van der Waals surface area contributed by atoms with Gasteiger partial charge in [-0.15, -0.1) is 0 Å². The zero-order valence-electron chi connectivity index (χ0n) is 11.4. The van der Waals surface area contributed by atoms with Gasteiger partial charge in [-0.05, 0) is 44.7 Å². The maximum atomic E-state index is 10.6. The van der Waals surface area contributed by atoms with E-state index < -0.39 is 5.60 Å². The fraction of sp³-hybridized carbons (Fsp3) is 0.600. The van der Waals surface area contributed by atoms with Crippen molar-refractivity contribution in [2.24, 2.45) is 11.7 Å². The molecule has 2 rings (SSSR count). The van der Waals surface area contributed by atoms with Crippen molar-refractivity contribution in [2.45, 2.75) is 32.3 Å². The van der Waals surface area contributed by atoms with Crippen LogP contribution in [0.2, 0.25) is 0 Å². The maximum Gasteiger partial charge on any atom is 0.0970 e. The molecule has 100 valence electrons. The Balaban J connectivity index is 2.11. The van der Waals surface area contributed by atoms with Gasteiger partial charge in [0.15, 0.2) is 0 Å². The molecule has 1 aliphatic rings. The van der Waals surface area contributed by atoms with Crippen LogP contribution in [0.25, 0.3) is 0 Å². The number of aliphatic hydroxyl groups is 1. The van der Waals surface area contributed by atoms with E-state index in [4.69, 9.17) is 5.73 Å². The lowest BCUT2D eigenvalue weighted by molar-refractivity contribution is 0.0336. The number of nitrogens with zero attached hydrogens (tertiary/aromatic N) is 1. The summed E-state index contributed by atoms with van der Waals surface area (Å²) in [5, 5.41) is 10.6. The molecule has 3 nitrogen and oxygen atoms in total. The van der Waals surface area contributed by atoms with Crippen LogP contribution in [0.4, 0.5) is 5.69 Å². The number of likely N-dealkylation sites (N-methyl/N-ethyl adjacent to an activating group) is 1. The molecule has 0 aliphatic heterocycles. The number of anilines is 1. The molecule has 0 spiro atoms. The van der Waals surface area contributed by atoms with Crippen LogP contribution in [-0.2, 0) is 0 Å². The highest BCUT2D eigenvalue weighted by molar-refractivity contribution is 5.47. The predicted octanol–water partition coefficient (Wildman–Crippen LogP) is 1.92. The van der Waals surface area contributed by atoms with E-state index in [9.17, 15) is 5.11 Å². The normalized spacial score (nSPS) is 18.4. The lowest BCUT2D eigenvalue weighted by Gasteiger charge is -2.34. The van der Waals surface area contributed by atoms with E-state index in [0.717, 1.165) is 25.1 Å². The minimum absolute atomic E-state index is 0.347. The van der Waals surface area contributed by atoms with Crippen molar-refractivity contribution in [3.8, 4) is 0 Å². The molecule has 3 heteroatoms. The fourth-order valence-corrected chi connectivity index (χ4v) is 2.45. The molecule has 1 atom stereocenters. The first kappa shape index (κ1) is 13.4. The Morgan fingerprint density at radius 1 is 1.33 bits per heavy atom. The summed E-state index contributed by atoms with van der Waals surface area (Å²) in [6, 6.07) is 8.44. The summed E-state index contributed by atoms with van der Waals surface area (Å²) >= 11 is 0. The average Bonchev–Trinajstić information content (AvgIpc) is 3.21. The van der Waals surface area contributed by atoms with Crippen molar-refractivity contribution in [3.05, 3.63) is 29.8 Å².